The first kappa shape index (κ1) is 21.0. The molecule has 5 heteroatoms. The summed E-state index contributed by atoms with van der Waals surface area (Å²) in [5.74, 6) is 0. The quantitative estimate of drug-likeness (QED) is 0.407. The average molecular weight is 376 g/mol. The SMILES string of the molecule is OCCOCCOCCOCCCP(c1ccccc1)c1ccccc1. The van der Waals surface area contributed by atoms with E-state index in [0.29, 0.717) is 33.0 Å². The summed E-state index contributed by atoms with van der Waals surface area (Å²) in [6.45, 7) is 3.41. The monoisotopic (exact) mass is 376 g/mol. The Morgan fingerprint density at radius 1 is 0.615 bits per heavy atom. The summed E-state index contributed by atoms with van der Waals surface area (Å²) in [5.41, 5.74) is 0. The number of ether oxygens (including phenoxy) is 3. The van der Waals surface area contributed by atoms with E-state index in [1.807, 2.05) is 0 Å². The molecule has 0 amide bonds. The molecule has 0 saturated carbocycles. The zero-order valence-electron chi connectivity index (χ0n) is 15.3. The molecule has 0 saturated heterocycles. The highest BCUT2D eigenvalue weighted by molar-refractivity contribution is 7.73. The van der Waals surface area contributed by atoms with E-state index in [0.717, 1.165) is 19.2 Å². The molecule has 26 heavy (non-hydrogen) atoms. The lowest BCUT2D eigenvalue weighted by molar-refractivity contribution is 0.00791. The zero-order valence-corrected chi connectivity index (χ0v) is 16.2. The molecular weight excluding hydrogens is 347 g/mol. The van der Waals surface area contributed by atoms with Crippen LogP contribution in [0.2, 0.25) is 0 Å². The average Bonchev–Trinajstić information content (AvgIpc) is 2.70. The van der Waals surface area contributed by atoms with Gasteiger partial charge in [-0.25, -0.2) is 0 Å². The third-order valence-corrected chi connectivity index (χ3v) is 6.39. The van der Waals surface area contributed by atoms with Gasteiger partial charge in [-0.2, -0.15) is 0 Å². The fraction of sp³-hybridized carbons (Fsp3) is 0.429. The first-order valence-electron chi connectivity index (χ1n) is 9.13. The van der Waals surface area contributed by atoms with Crippen molar-refractivity contribution in [1.82, 2.24) is 0 Å². The van der Waals surface area contributed by atoms with Crippen LogP contribution in [0.3, 0.4) is 0 Å². The van der Waals surface area contributed by atoms with E-state index in [4.69, 9.17) is 19.3 Å². The smallest absolute Gasteiger partial charge is 0.0701 e. The second-order valence-electron chi connectivity index (χ2n) is 5.74. The van der Waals surface area contributed by atoms with Crippen molar-refractivity contribution in [3.8, 4) is 0 Å². The molecule has 0 heterocycles. The molecule has 0 aromatic heterocycles. The van der Waals surface area contributed by atoms with E-state index in [1.165, 1.54) is 10.6 Å². The molecule has 0 atom stereocenters. The van der Waals surface area contributed by atoms with Crippen molar-refractivity contribution >= 4 is 18.5 Å². The molecule has 0 aliphatic heterocycles. The molecular formula is C21H29O4P. The molecule has 0 spiro atoms. The van der Waals surface area contributed by atoms with Crippen molar-refractivity contribution in [3.05, 3.63) is 60.7 Å². The van der Waals surface area contributed by atoms with Crippen LogP contribution in [0.15, 0.2) is 60.7 Å². The number of aliphatic hydroxyl groups is 1. The van der Waals surface area contributed by atoms with Crippen LogP contribution in [0.1, 0.15) is 6.42 Å². The van der Waals surface area contributed by atoms with Crippen LogP contribution in [-0.2, 0) is 14.2 Å². The maximum atomic E-state index is 8.59. The summed E-state index contributed by atoms with van der Waals surface area (Å²) in [6, 6.07) is 21.5. The summed E-state index contributed by atoms with van der Waals surface area (Å²) in [6.07, 6.45) is 2.16. The van der Waals surface area contributed by atoms with Crippen molar-refractivity contribution in [2.75, 3.05) is 52.4 Å². The van der Waals surface area contributed by atoms with E-state index in [1.54, 1.807) is 0 Å². The standard InChI is InChI=1S/C21H29O4P/c22-12-14-24-16-18-25-17-15-23-13-7-19-26(20-8-3-1-4-9-20)21-10-5-2-6-11-21/h1-6,8-11,22H,7,12-19H2. The number of rotatable bonds is 14. The molecule has 142 valence electrons. The van der Waals surface area contributed by atoms with E-state index < -0.39 is 0 Å². The van der Waals surface area contributed by atoms with Crippen LogP contribution >= 0.6 is 7.92 Å². The summed E-state index contributed by atoms with van der Waals surface area (Å²) < 4.78 is 16.2. The molecule has 2 aromatic carbocycles. The number of hydrogen-bond acceptors (Lipinski definition) is 4. The number of hydrogen-bond donors (Lipinski definition) is 1. The Morgan fingerprint density at radius 2 is 1.08 bits per heavy atom. The fourth-order valence-corrected chi connectivity index (χ4v) is 4.88. The number of benzene rings is 2. The van der Waals surface area contributed by atoms with Gasteiger partial charge in [0, 0.05) is 6.61 Å². The molecule has 2 aromatic rings. The van der Waals surface area contributed by atoms with Gasteiger partial charge >= 0.3 is 0 Å². The van der Waals surface area contributed by atoms with E-state index in [9.17, 15) is 0 Å². The lowest BCUT2D eigenvalue weighted by Gasteiger charge is -2.18. The van der Waals surface area contributed by atoms with Gasteiger partial charge in [0.05, 0.1) is 39.6 Å². The molecule has 0 fully saturated rings. The summed E-state index contributed by atoms with van der Waals surface area (Å²) in [7, 11) is -0.335. The maximum absolute atomic E-state index is 8.59. The largest absolute Gasteiger partial charge is 0.394 e. The Morgan fingerprint density at radius 3 is 1.58 bits per heavy atom. The van der Waals surface area contributed by atoms with Gasteiger partial charge < -0.3 is 19.3 Å². The lowest BCUT2D eigenvalue weighted by atomic mass is 10.4. The second-order valence-corrected chi connectivity index (χ2v) is 8.07. The summed E-state index contributed by atoms with van der Waals surface area (Å²) in [5, 5.41) is 11.4. The Balaban J connectivity index is 1.64. The van der Waals surface area contributed by atoms with Crippen LogP contribution < -0.4 is 10.6 Å². The normalized spacial score (nSPS) is 11.2. The van der Waals surface area contributed by atoms with Gasteiger partial charge in [-0.05, 0) is 31.1 Å². The Kier molecular flexibility index (Phi) is 11.2. The van der Waals surface area contributed by atoms with Crippen LogP contribution in [0, 0.1) is 0 Å². The third-order valence-electron chi connectivity index (χ3n) is 3.79. The highest BCUT2D eigenvalue weighted by atomic mass is 31.1. The third kappa shape index (κ3) is 8.39. The maximum Gasteiger partial charge on any atom is 0.0701 e. The van der Waals surface area contributed by atoms with Gasteiger partial charge in [0.1, 0.15) is 0 Å². The molecule has 2 rings (SSSR count). The van der Waals surface area contributed by atoms with Gasteiger partial charge in [-0.15, -0.1) is 0 Å². The first-order chi connectivity index (χ1) is 12.9. The molecule has 0 aliphatic carbocycles. The van der Waals surface area contributed by atoms with Gasteiger partial charge in [-0.3, -0.25) is 0 Å². The Bertz CT molecular complexity index is 525. The van der Waals surface area contributed by atoms with Crippen LogP contribution in [0.4, 0.5) is 0 Å². The van der Waals surface area contributed by atoms with Crippen LogP contribution in [-0.4, -0.2) is 57.5 Å². The summed E-state index contributed by atoms with van der Waals surface area (Å²) >= 11 is 0. The minimum absolute atomic E-state index is 0.0532. The van der Waals surface area contributed by atoms with Gasteiger partial charge in [0.15, 0.2) is 0 Å². The molecule has 4 nitrogen and oxygen atoms in total. The number of aliphatic hydroxyl groups excluding tert-OH is 1. The van der Waals surface area contributed by atoms with Gasteiger partial charge in [-0.1, -0.05) is 60.7 Å². The van der Waals surface area contributed by atoms with Crippen LogP contribution in [0.5, 0.6) is 0 Å². The highest BCUT2D eigenvalue weighted by Crippen LogP contribution is 2.33. The highest BCUT2D eigenvalue weighted by Gasteiger charge is 2.12. The van der Waals surface area contributed by atoms with E-state index in [-0.39, 0.29) is 14.5 Å². The molecule has 0 radical (unpaired) electrons. The first-order valence-corrected chi connectivity index (χ1v) is 10.7. The Hall–Kier alpha value is -1.29. The molecule has 0 aliphatic rings. The molecule has 1 N–H and O–H groups in total. The molecule has 0 bridgehead atoms. The molecule has 0 unspecified atom stereocenters. The van der Waals surface area contributed by atoms with E-state index >= 15 is 0 Å². The van der Waals surface area contributed by atoms with Crippen molar-refractivity contribution in [2.24, 2.45) is 0 Å². The Labute approximate surface area is 157 Å². The van der Waals surface area contributed by atoms with Crippen molar-refractivity contribution < 1.29 is 19.3 Å². The van der Waals surface area contributed by atoms with Crippen LogP contribution in [0.25, 0.3) is 0 Å². The van der Waals surface area contributed by atoms with E-state index in [2.05, 4.69) is 60.7 Å². The second kappa shape index (κ2) is 13.9. The minimum Gasteiger partial charge on any atom is -0.394 e. The minimum atomic E-state index is -0.335. The predicted molar refractivity (Wildman–Crippen MR) is 108 cm³/mol. The van der Waals surface area contributed by atoms with Gasteiger partial charge in [0.2, 0.25) is 0 Å². The topological polar surface area (TPSA) is 47.9 Å². The zero-order chi connectivity index (χ0) is 18.3. The lowest BCUT2D eigenvalue weighted by Crippen LogP contribution is -2.15. The van der Waals surface area contributed by atoms with Crippen molar-refractivity contribution in [1.29, 1.82) is 0 Å². The summed E-state index contributed by atoms with van der Waals surface area (Å²) in [4.78, 5) is 0. The fourth-order valence-electron chi connectivity index (χ4n) is 2.55. The predicted octanol–water partition coefficient (Wildman–Crippen LogP) is 2.55. The van der Waals surface area contributed by atoms with Gasteiger partial charge in [0.25, 0.3) is 0 Å². The van der Waals surface area contributed by atoms with Crippen molar-refractivity contribution in [2.45, 2.75) is 6.42 Å². The van der Waals surface area contributed by atoms with Crippen molar-refractivity contribution in [3.63, 3.8) is 0 Å².